The van der Waals surface area contributed by atoms with Crippen LogP contribution in [0.1, 0.15) is 0 Å². The number of hydrogen-bond donors (Lipinski definition) is 1. The van der Waals surface area contributed by atoms with Crippen LogP contribution in [0, 0.1) is 4.77 Å². The van der Waals surface area contributed by atoms with Crippen molar-refractivity contribution in [1.82, 2.24) is 14.8 Å². The SMILES string of the molecule is COc1ccc(-c2n[nH]c(=S)n2-c2ccccc2)cc1Br. The zero-order chi connectivity index (χ0) is 14.8. The fourth-order valence-corrected chi connectivity index (χ4v) is 2.89. The summed E-state index contributed by atoms with van der Waals surface area (Å²) in [4.78, 5) is 0. The molecule has 0 radical (unpaired) electrons. The molecule has 0 aliphatic heterocycles. The number of aromatic amines is 1. The molecule has 0 spiro atoms. The summed E-state index contributed by atoms with van der Waals surface area (Å²) in [5.41, 5.74) is 1.91. The first kappa shape index (κ1) is 14.0. The molecule has 0 aliphatic carbocycles. The van der Waals surface area contributed by atoms with Crippen molar-refractivity contribution in [3.63, 3.8) is 0 Å². The first-order valence-electron chi connectivity index (χ1n) is 6.27. The summed E-state index contributed by atoms with van der Waals surface area (Å²) in [6.45, 7) is 0. The van der Waals surface area contributed by atoms with E-state index >= 15 is 0 Å². The number of nitrogens with zero attached hydrogens (tertiary/aromatic N) is 2. The lowest BCUT2D eigenvalue weighted by Gasteiger charge is -2.08. The van der Waals surface area contributed by atoms with Gasteiger partial charge in [-0.2, -0.15) is 5.10 Å². The Balaban J connectivity index is 2.17. The molecule has 3 aromatic rings. The molecule has 1 aromatic heterocycles. The number of nitrogens with one attached hydrogen (secondary N) is 1. The predicted octanol–water partition coefficient (Wildman–Crippen LogP) is 4.37. The van der Waals surface area contributed by atoms with E-state index in [2.05, 4.69) is 26.1 Å². The summed E-state index contributed by atoms with van der Waals surface area (Å²) >= 11 is 8.84. The van der Waals surface area contributed by atoms with Gasteiger partial charge in [0.2, 0.25) is 0 Å². The maximum absolute atomic E-state index is 5.34. The molecule has 1 heterocycles. The van der Waals surface area contributed by atoms with Crippen molar-refractivity contribution in [3.8, 4) is 22.8 Å². The Hall–Kier alpha value is -1.92. The Kier molecular flexibility index (Phi) is 3.90. The van der Waals surface area contributed by atoms with E-state index in [1.165, 1.54) is 0 Å². The van der Waals surface area contributed by atoms with Gasteiger partial charge in [-0.1, -0.05) is 18.2 Å². The number of hydrogen-bond acceptors (Lipinski definition) is 3. The largest absolute Gasteiger partial charge is 0.496 e. The number of H-pyrrole nitrogens is 1. The molecule has 0 atom stereocenters. The third kappa shape index (κ3) is 2.64. The van der Waals surface area contributed by atoms with Crippen molar-refractivity contribution in [2.45, 2.75) is 0 Å². The number of rotatable bonds is 3. The lowest BCUT2D eigenvalue weighted by Crippen LogP contribution is -1.97. The Labute approximate surface area is 135 Å². The van der Waals surface area contributed by atoms with Gasteiger partial charge in [-0.25, -0.2) is 0 Å². The lowest BCUT2D eigenvalue weighted by atomic mass is 10.2. The quantitative estimate of drug-likeness (QED) is 0.704. The highest BCUT2D eigenvalue weighted by molar-refractivity contribution is 9.10. The normalized spacial score (nSPS) is 10.6. The Morgan fingerprint density at radius 3 is 2.62 bits per heavy atom. The molecule has 0 saturated heterocycles. The van der Waals surface area contributed by atoms with Crippen LogP contribution < -0.4 is 4.74 Å². The van der Waals surface area contributed by atoms with Crippen molar-refractivity contribution >= 4 is 28.1 Å². The minimum absolute atomic E-state index is 0.558. The van der Waals surface area contributed by atoms with Crippen LogP contribution in [0.15, 0.2) is 53.0 Å². The highest BCUT2D eigenvalue weighted by Gasteiger charge is 2.12. The minimum atomic E-state index is 0.558. The standard InChI is InChI=1S/C15H12BrN3OS/c1-20-13-8-7-10(9-12(13)16)14-17-18-15(21)19(14)11-5-3-2-4-6-11/h2-9H,1H3,(H,18,21). The molecule has 4 nitrogen and oxygen atoms in total. The van der Waals surface area contributed by atoms with Crippen LogP contribution in [0.25, 0.3) is 17.1 Å². The summed E-state index contributed by atoms with van der Waals surface area (Å²) in [5, 5.41) is 7.19. The van der Waals surface area contributed by atoms with Crippen LogP contribution in [0.2, 0.25) is 0 Å². The van der Waals surface area contributed by atoms with Crippen molar-refractivity contribution in [2.24, 2.45) is 0 Å². The second-order valence-corrected chi connectivity index (χ2v) is 5.61. The second kappa shape index (κ2) is 5.83. The van der Waals surface area contributed by atoms with Crippen LogP contribution in [-0.4, -0.2) is 21.9 Å². The van der Waals surface area contributed by atoms with E-state index in [9.17, 15) is 0 Å². The fraction of sp³-hybridized carbons (Fsp3) is 0.0667. The second-order valence-electron chi connectivity index (χ2n) is 4.37. The van der Waals surface area contributed by atoms with E-state index in [-0.39, 0.29) is 0 Å². The molecule has 0 amide bonds. The van der Waals surface area contributed by atoms with E-state index in [0.29, 0.717) is 4.77 Å². The molecule has 21 heavy (non-hydrogen) atoms. The average molecular weight is 362 g/mol. The van der Waals surface area contributed by atoms with Crippen molar-refractivity contribution in [1.29, 1.82) is 0 Å². The van der Waals surface area contributed by atoms with E-state index in [1.54, 1.807) is 7.11 Å². The highest BCUT2D eigenvalue weighted by Crippen LogP contribution is 2.30. The number of ether oxygens (including phenoxy) is 1. The van der Waals surface area contributed by atoms with Crippen LogP contribution in [-0.2, 0) is 0 Å². The highest BCUT2D eigenvalue weighted by atomic mass is 79.9. The molecule has 0 aliphatic rings. The Morgan fingerprint density at radius 2 is 1.95 bits per heavy atom. The molecule has 0 saturated carbocycles. The van der Waals surface area contributed by atoms with Gasteiger partial charge in [0.1, 0.15) is 5.75 Å². The number of benzene rings is 2. The van der Waals surface area contributed by atoms with Crippen molar-refractivity contribution in [2.75, 3.05) is 7.11 Å². The molecule has 106 valence electrons. The van der Waals surface area contributed by atoms with Gasteiger partial charge in [-0.05, 0) is 58.5 Å². The van der Waals surface area contributed by atoms with Gasteiger partial charge in [0.15, 0.2) is 10.6 Å². The summed E-state index contributed by atoms with van der Waals surface area (Å²) in [7, 11) is 1.64. The van der Waals surface area contributed by atoms with Crippen molar-refractivity contribution in [3.05, 3.63) is 57.8 Å². The van der Waals surface area contributed by atoms with Gasteiger partial charge in [0.25, 0.3) is 0 Å². The molecule has 0 bridgehead atoms. The molecular weight excluding hydrogens is 350 g/mol. The predicted molar refractivity (Wildman–Crippen MR) is 88.4 cm³/mol. The van der Waals surface area contributed by atoms with Gasteiger partial charge >= 0.3 is 0 Å². The zero-order valence-corrected chi connectivity index (χ0v) is 13.6. The summed E-state index contributed by atoms with van der Waals surface area (Å²) in [5.74, 6) is 1.54. The van der Waals surface area contributed by atoms with Crippen molar-refractivity contribution < 1.29 is 4.74 Å². The molecule has 2 aromatic carbocycles. The maximum atomic E-state index is 5.34. The zero-order valence-electron chi connectivity index (χ0n) is 11.2. The average Bonchev–Trinajstić information content (AvgIpc) is 2.90. The summed E-state index contributed by atoms with van der Waals surface area (Å²) in [6, 6.07) is 15.7. The summed E-state index contributed by atoms with van der Waals surface area (Å²) in [6.07, 6.45) is 0. The number of halogens is 1. The van der Waals surface area contributed by atoms with Crippen LogP contribution in [0.4, 0.5) is 0 Å². The smallest absolute Gasteiger partial charge is 0.200 e. The number of methoxy groups -OCH3 is 1. The third-order valence-electron chi connectivity index (χ3n) is 3.10. The maximum Gasteiger partial charge on any atom is 0.200 e. The van der Waals surface area contributed by atoms with E-state index in [4.69, 9.17) is 17.0 Å². The Bertz CT molecular complexity index is 826. The molecule has 0 fully saturated rings. The third-order valence-corrected chi connectivity index (χ3v) is 3.99. The molecule has 6 heteroatoms. The first-order chi connectivity index (χ1) is 10.2. The van der Waals surface area contributed by atoms with E-state index in [0.717, 1.165) is 27.3 Å². The molecule has 1 N–H and O–H groups in total. The minimum Gasteiger partial charge on any atom is -0.496 e. The van der Waals surface area contributed by atoms with Crippen LogP contribution >= 0.6 is 28.1 Å². The lowest BCUT2D eigenvalue weighted by molar-refractivity contribution is 0.412. The van der Waals surface area contributed by atoms with E-state index in [1.807, 2.05) is 53.1 Å². The molecule has 3 rings (SSSR count). The van der Waals surface area contributed by atoms with Crippen LogP contribution in [0.5, 0.6) is 5.75 Å². The number of aromatic nitrogens is 3. The van der Waals surface area contributed by atoms with Gasteiger partial charge in [0, 0.05) is 11.3 Å². The van der Waals surface area contributed by atoms with Crippen LogP contribution in [0.3, 0.4) is 0 Å². The van der Waals surface area contributed by atoms with Gasteiger partial charge in [0.05, 0.1) is 11.6 Å². The monoisotopic (exact) mass is 361 g/mol. The topological polar surface area (TPSA) is 42.8 Å². The van der Waals surface area contributed by atoms with Gasteiger partial charge in [-0.3, -0.25) is 9.67 Å². The van der Waals surface area contributed by atoms with E-state index < -0.39 is 0 Å². The van der Waals surface area contributed by atoms with Gasteiger partial charge < -0.3 is 4.74 Å². The molecular formula is C15H12BrN3OS. The summed E-state index contributed by atoms with van der Waals surface area (Å²) < 4.78 is 8.59. The number of para-hydroxylation sites is 1. The fourth-order valence-electron chi connectivity index (χ4n) is 2.11. The first-order valence-corrected chi connectivity index (χ1v) is 7.47. The molecule has 0 unspecified atom stereocenters. The Morgan fingerprint density at radius 1 is 1.19 bits per heavy atom. The van der Waals surface area contributed by atoms with Gasteiger partial charge in [-0.15, -0.1) is 0 Å².